The third-order valence-electron chi connectivity index (χ3n) is 2.44. The predicted octanol–water partition coefficient (Wildman–Crippen LogP) is 1.44. The Balaban J connectivity index is 2.07. The minimum atomic E-state index is 0.407. The van der Waals surface area contributed by atoms with Gasteiger partial charge in [0.15, 0.2) is 16.5 Å². The zero-order valence-electron chi connectivity index (χ0n) is 9.05. The maximum atomic E-state index is 5.63. The number of benzene rings is 1. The van der Waals surface area contributed by atoms with Gasteiger partial charge in [-0.15, -0.1) is 10.2 Å². The number of ether oxygens (including phenoxy) is 2. The van der Waals surface area contributed by atoms with Crippen molar-refractivity contribution in [3.8, 4) is 22.1 Å². The second-order valence-corrected chi connectivity index (χ2v) is 4.60. The van der Waals surface area contributed by atoms with Gasteiger partial charge in [0, 0.05) is 6.54 Å². The van der Waals surface area contributed by atoms with E-state index < -0.39 is 0 Å². The van der Waals surface area contributed by atoms with Crippen LogP contribution in [-0.2, 0) is 6.54 Å². The Labute approximate surface area is 102 Å². The van der Waals surface area contributed by atoms with E-state index in [0.717, 1.165) is 27.1 Å². The van der Waals surface area contributed by atoms with Gasteiger partial charge in [0.05, 0.1) is 5.56 Å². The van der Waals surface area contributed by atoms with Gasteiger partial charge in [0.25, 0.3) is 0 Å². The molecule has 5 nitrogen and oxygen atoms in total. The third-order valence-corrected chi connectivity index (χ3v) is 3.42. The Morgan fingerprint density at radius 1 is 1.24 bits per heavy atom. The van der Waals surface area contributed by atoms with Crippen LogP contribution in [-0.4, -0.2) is 23.4 Å². The van der Waals surface area contributed by atoms with Crippen molar-refractivity contribution in [2.45, 2.75) is 6.54 Å². The van der Waals surface area contributed by atoms with Crippen molar-refractivity contribution in [2.24, 2.45) is 5.73 Å². The number of aromatic nitrogens is 2. The number of rotatable bonds is 2. The lowest BCUT2D eigenvalue weighted by molar-refractivity contribution is 0.172. The molecule has 1 aliphatic heterocycles. The summed E-state index contributed by atoms with van der Waals surface area (Å²) in [4.78, 5) is 0. The van der Waals surface area contributed by atoms with E-state index in [1.165, 1.54) is 11.3 Å². The first-order valence-corrected chi connectivity index (χ1v) is 6.11. The minimum Gasteiger partial charge on any atom is -0.486 e. The average Bonchev–Trinajstić information content (AvgIpc) is 2.87. The number of hydrogen-bond acceptors (Lipinski definition) is 6. The van der Waals surface area contributed by atoms with Crippen LogP contribution in [0, 0.1) is 0 Å². The van der Waals surface area contributed by atoms with Crippen LogP contribution in [0.3, 0.4) is 0 Å². The first-order valence-electron chi connectivity index (χ1n) is 5.30. The van der Waals surface area contributed by atoms with Gasteiger partial charge in [-0.05, 0) is 12.1 Å². The number of hydrogen-bond donors (Lipinski definition) is 1. The summed E-state index contributed by atoms with van der Waals surface area (Å²) in [5.74, 6) is 1.51. The molecule has 88 valence electrons. The molecule has 0 unspecified atom stereocenters. The Morgan fingerprint density at radius 2 is 2.12 bits per heavy atom. The van der Waals surface area contributed by atoms with Crippen molar-refractivity contribution < 1.29 is 9.47 Å². The van der Waals surface area contributed by atoms with Crippen LogP contribution in [0.15, 0.2) is 18.2 Å². The molecule has 2 heterocycles. The maximum Gasteiger partial charge on any atom is 0.171 e. The van der Waals surface area contributed by atoms with E-state index >= 15 is 0 Å². The number of fused-ring (bicyclic) bond motifs is 1. The molecule has 0 atom stereocenters. The van der Waals surface area contributed by atoms with E-state index in [-0.39, 0.29) is 0 Å². The summed E-state index contributed by atoms with van der Waals surface area (Å²) < 4.78 is 11.2. The van der Waals surface area contributed by atoms with E-state index in [0.29, 0.717) is 19.8 Å². The summed E-state index contributed by atoms with van der Waals surface area (Å²) in [7, 11) is 0. The molecule has 6 heteroatoms. The molecule has 2 aromatic rings. The number of nitrogens with two attached hydrogens (primary N) is 1. The summed E-state index contributed by atoms with van der Waals surface area (Å²) in [5.41, 5.74) is 6.45. The van der Waals surface area contributed by atoms with Crippen LogP contribution in [0.5, 0.6) is 11.5 Å². The molecular formula is C11H11N3O2S. The normalized spacial score (nSPS) is 13.7. The van der Waals surface area contributed by atoms with E-state index in [9.17, 15) is 0 Å². The lowest BCUT2D eigenvalue weighted by atomic mass is 10.2. The molecule has 0 spiro atoms. The first kappa shape index (κ1) is 10.5. The van der Waals surface area contributed by atoms with Gasteiger partial charge in [-0.2, -0.15) is 0 Å². The number of para-hydroxylation sites is 1. The second-order valence-electron chi connectivity index (χ2n) is 3.53. The van der Waals surface area contributed by atoms with Gasteiger partial charge >= 0.3 is 0 Å². The molecule has 0 saturated carbocycles. The molecule has 2 N–H and O–H groups in total. The van der Waals surface area contributed by atoms with Crippen molar-refractivity contribution in [2.75, 3.05) is 13.2 Å². The Bertz CT molecular complexity index is 541. The largest absolute Gasteiger partial charge is 0.486 e. The van der Waals surface area contributed by atoms with Crippen LogP contribution in [0.25, 0.3) is 10.6 Å². The van der Waals surface area contributed by atoms with Gasteiger partial charge in [0.2, 0.25) is 0 Å². The maximum absolute atomic E-state index is 5.63. The van der Waals surface area contributed by atoms with Gasteiger partial charge < -0.3 is 15.2 Å². The highest BCUT2D eigenvalue weighted by atomic mass is 32.1. The van der Waals surface area contributed by atoms with E-state index in [1.807, 2.05) is 18.2 Å². The molecule has 1 aromatic carbocycles. The van der Waals surface area contributed by atoms with Crippen molar-refractivity contribution in [3.63, 3.8) is 0 Å². The van der Waals surface area contributed by atoms with E-state index in [2.05, 4.69) is 10.2 Å². The van der Waals surface area contributed by atoms with Crippen LogP contribution in [0.2, 0.25) is 0 Å². The molecule has 1 aromatic heterocycles. The summed E-state index contributed by atoms with van der Waals surface area (Å²) in [6.45, 7) is 1.55. The Morgan fingerprint density at radius 3 is 2.94 bits per heavy atom. The minimum absolute atomic E-state index is 0.407. The second kappa shape index (κ2) is 4.31. The van der Waals surface area contributed by atoms with Crippen LogP contribution in [0.4, 0.5) is 0 Å². The summed E-state index contributed by atoms with van der Waals surface area (Å²) >= 11 is 1.48. The fourth-order valence-electron chi connectivity index (χ4n) is 1.69. The topological polar surface area (TPSA) is 70.3 Å². The van der Waals surface area contributed by atoms with Crippen LogP contribution < -0.4 is 15.2 Å². The molecule has 0 radical (unpaired) electrons. The lowest BCUT2D eigenvalue weighted by Crippen LogP contribution is -2.15. The molecule has 0 fully saturated rings. The average molecular weight is 249 g/mol. The van der Waals surface area contributed by atoms with Gasteiger partial charge in [0.1, 0.15) is 18.2 Å². The van der Waals surface area contributed by atoms with E-state index in [1.54, 1.807) is 0 Å². The standard InChI is InChI=1S/C11H11N3O2S/c12-6-9-13-14-11(17-9)7-2-1-3-8-10(7)16-5-4-15-8/h1-3H,4-6,12H2. The summed E-state index contributed by atoms with van der Waals surface area (Å²) in [6, 6.07) is 5.77. The van der Waals surface area contributed by atoms with E-state index in [4.69, 9.17) is 15.2 Å². The molecule has 0 amide bonds. The molecular weight excluding hydrogens is 238 g/mol. The van der Waals surface area contributed by atoms with Crippen molar-refractivity contribution in [1.82, 2.24) is 10.2 Å². The highest BCUT2D eigenvalue weighted by molar-refractivity contribution is 7.14. The molecule has 0 saturated heterocycles. The highest BCUT2D eigenvalue weighted by Crippen LogP contribution is 2.40. The van der Waals surface area contributed by atoms with Crippen LogP contribution >= 0.6 is 11.3 Å². The van der Waals surface area contributed by atoms with Crippen molar-refractivity contribution in [1.29, 1.82) is 0 Å². The molecule has 0 bridgehead atoms. The summed E-state index contributed by atoms with van der Waals surface area (Å²) in [6.07, 6.45) is 0. The lowest BCUT2D eigenvalue weighted by Gasteiger charge is -2.19. The monoisotopic (exact) mass is 249 g/mol. The quantitative estimate of drug-likeness (QED) is 0.872. The smallest absolute Gasteiger partial charge is 0.171 e. The Hall–Kier alpha value is -1.66. The fraction of sp³-hybridized carbons (Fsp3) is 0.273. The zero-order valence-corrected chi connectivity index (χ0v) is 9.87. The van der Waals surface area contributed by atoms with Gasteiger partial charge in [-0.3, -0.25) is 0 Å². The van der Waals surface area contributed by atoms with Gasteiger partial charge in [-0.25, -0.2) is 0 Å². The molecule has 17 heavy (non-hydrogen) atoms. The Kier molecular flexibility index (Phi) is 2.66. The number of nitrogens with zero attached hydrogens (tertiary/aromatic N) is 2. The zero-order chi connectivity index (χ0) is 11.7. The fourth-order valence-corrected chi connectivity index (χ4v) is 2.43. The molecule has 3 rings (SSSR count). The highest BCUT2D eigenvalue weighted by Gasteiger charge is 2.19. The predicted molar refractivity (Wildman–Crippen MR) is 64.2 cm³/mol. The SMILES string of the molecule is NCc1nnc(-c2cccc3c2OCCO3)s1. The molecule has 0 aliphatic carbocycles. The van der Waals surface area contributed by atoms with Crippen molar-refractivity contribution >= 4 is 11.3 Å². The van der Waals surface area contributed by atoms with Crippen molar-refractivity contribution in [3.05, 3.63) is 23.2 Å². The van der Waals surface area contributed by atoms with Gasteiger partial charge in [-0.1, -0.05) is 17.4 Å². The molecule has 1 aliphatic rings. The first-order chi connectivity index (χ1) is 8.38. The summed E-state index contributed by atoms with van der Waals surface area (Å²) in [5, 5.41) is 9.75. The third kappa shape index (κ3) is 1.85. The van der Waals surface area contributed by atoms with Crippen LogP contribution in [0.1, 0.15) is 5.01 Å².